The van der Waals surface area contributed by atoms with E-state index >= 15 is 0 Å². The highest BCUT2D eigenvalue weighted by atomic mass is 35.5. The van der Waals surface area contributed by atoms with Crippen molar-refractivity contribution in [2.75, 3.05) is 12.4 Å². The van der Waals surface area contributed by atoms with Crippen molar-refractivity contribution in [3.63, 3.8) is 0 Å². The van der Waals surface area contributed by atoms with E-state index in [-0.39, 0.29) is 11.3 Å². The monoisotopic (exact) mass is 590 g/mol. The SMILES string of the molecule is CCOc1ccc(Cc2cc([C@@H]3O[C@H](CS(=O)(=O)c4ccc(CC(=O)O)cc4)[C@@H](O)[C@H](O)[C@H]3O)ccc2Cl)cc1. The molecule has 1 heterocycles. The van der Waals surface area contributed by atoms with E-state index in [4.69, 9.17) is 26.2 Å². The van der Waals surface area contributed by atoms with Gasteiger partial charge in [-0.05, 0) is 65.9 Å². The number of carbonyl (C=O) groups is 1. The fourth-order valence-corrected chi connectivity index (χ4v) is 6.30. The van der Waals surface area contributed by atoms with Crippen LogP contribution in [0.25, 0.3) is 0 Å². The average Bonchev–Trinajstić information content (AvgIpc) is 2.91. The van der Waals surface area contributed by atoms with Gasteiger partial charge in [0.25, 0.3) is 0 Å². The largest absolute Gasteiger partial charge is 0.494 e. The number of carboxylic acids is 1. The summed E-state index contributed by atoms with van der Waals surface area (Å²) in [5, 5.41) is 41.3. The molecule has 9 nitrogen and oxygen atoms in total. The fraction of sp³-hybridized carbons (Fsp3) is 0.345. The van der Waals surface area contributed by atoms with Crippen molar-refractivity contribution in [2.45, 2.75) is 55.2 Å². The average molecular weight is 591 g/mol. The molecule has 1 saturated heterocycles. The Hall–Kier alpha value is -2.99. The van der Waals surface area contributed by atoms with Gasteiger partial charge in [0.2, 0.25) is 0 Å². The third kappa shape index (κ3) is 7.01. The minimum absolute atomic E-state index is 0.0845. The van der Waals surface area contributed by atoms with Crippen LogP contribution < -0.4 is 4.74 Å². The number of ether oxygens (including phenoxy) is 2. The molecule has 4 rings (SSSR count). The van der Waals surface area contributed by atoms with Crippen LogP contribution in [0.15, 0.2) is 71.6 Å². The molecular formula is C29H31ClO9S. The normalized spacial score (nSPS) is 23.1. The van der Waals surface area contributed by atoms with Gasteiger partial charge in [0, 0.05) is 5.02 Å². The lowest BCUT2D eigenvalue weighted by atomic mass is 9.90. The molecule has 3 aromatic rings. The zero-order valence-corrected chi connectivity index (χ0v) is 23.3. The first kappa shape index (κ1) is 30.0. The van der Waals surface area contributed by atoms with Crippen molar-refractivity contribution < 1.29 is 43.1 Å². The quantitative estimate of drug-likeness (QED) is 0.279. The highest BCUT2D eigenvalue weighted by Gasteiger charge is 2.45. The maximum Gasteiger partial charge on any atom is 0.307 e. The van der Waals surface area contributed by atoms with E-state index in [1.807, 2.05) is 31.2 Å². The molecule has 40 heavy (non-hydrogen) atoms. The van der Waals surface area contributed by atoms with Crippen molar-refractivity contribution in [2.24, 2.45) is 0 Å². The molecule has 0 bridgehead atoms. The Bertz CT molecular complexity index is 1420. The molecule has 4 N–H and O–H groups in total. The maximum atomic E-state index is 13.1. The van der Waals surface area contributed by atoms with E-state index in [1.165, 1.54) is 24.3 Å². The molecule has 0 unspecified atom stereocenters. The summed E-state index contributed by atoms with van der Waals surface area (Å²) in [4.78, 5) is 10.8. The van der Waals surface area contributed by atoms with Gasteiger partial charge in [-0.3, -0.25) is 4.79 Å². The van der Waals surface area contributed by atoms with E-state index in [0.717, 1.165) is 16.9 Å². The third-order valence-electron chi connectivity index (χ3n) is 6.76. The Labute approximate surface area is 237 Å². The minimum Gasteiger partial charge on any atom is -0.494 e. The van der Waals surface area contributed by atoms with Gasteiger partial charge < -0.3 is 29.9 Å². The number of hydrogen-bond acceptors (Lipinski definition) is 8. The fourth-order valence-electron chi connectivity index (χ4n) is 4.66. The number of aliphatic carboxylic acids is 1. The number of aliphatic hydroxyl groups is 3. The van der Waals surface area contributed by atoms with Crippen LogP contribution in [0.1, 0.15) is 35.3 Å². The highest BCUT2D eigenvalue weighted by molar-refractivity contribution is 7.91. The van der Waals surface area contributed by atoms with Crippen molar-refractivity contribution >= 4 is 27.4 Å². The van der Waals surface area contributed by atoms with Crippen LogP contribution in [0.3, 0.4) is 0 Å². The molecule has 1 aliphatic heterocycles. The molecule has 0 aromatic heterocycles. The smallest absolute Gasteiger partial charge is 0.307 e. The highest BCUT2D eigenvalue weighted by Crippen LogP contribution is 2.35. The van der Waals surface area contributed by atoms with Gasteiger partial charge in [0.15, 0.2) is 9.84 Å². The zero-order chi connectivity index (χ0) is 29.0. The summed E-state index contributed by atoms with van der Waals surface area (Å²) in [5.74, 6) is -0.966. The summed E-state index contributed by atoms with van der Waals surface area (Å²) in [6.45, 7) is 2.46. The summed E-state index contributed by atoms with van der Waals surface area (Å²) in [5.41, 5.74) is 2.58. The Balaban J connectivity index is 1.54. The first-order valence-electron chi connectivity index (χ1n) is 12.7. The molecule has 0 saturated carbocycles. The van der Waals surface area contributed by atoms with Crippen LogP contribution in [-0.2, 0) is 32.2 Å². The predicted octanol–water partition coefficient (Wildman–Crippen LogP) is 2.95. The third-order valence-corrected chi connectivity index (χ3v) is 8.89. The number of aliphatic hydroxyl groups excluding tert-OH is 3. The molecule has 0 aliphatic carbocycles. The van der Waals surface area contributed by atoms with Gasteiger partial charge in [-0.25, -0.2) is 8.42 Å². The number of hydrogen-bond donors (Lipinski definition) is 4. The topological polar surface area (TPSA) is 151 Å². The summed E-state index contributed by atoms with van der Waals surface area (Å²) in [6.07, 6.45) is -7.12. The number of rotatable bonds is 10. The number of sulfone groups is 1. The van der Waals surface area contributed by atoms with Crippen LogP contribution in [0.4, 0.5) is 0 Å². The van der Waals surface area contributed by atoms with Gasteiger partial charge in [0.1, 0.15) is 36.3 Å². The standard InChI is InChI=1S/C29H31ClO9S/c1-2-38-21-8-3-17(4-9-21)13-20-15-19(7-12-23(20)30)29-28(35)27(34)26(33)24(39-29)16-40(36,37)22-10-5-18(6-11-22)14-25(31)32/h3-12,15,24,26-29,33-35H,2,13-14,16H2,1H3,(H,31,32)/t24-,26-,27+,28-,29+/m1/s1. The molecule has 0 spiro atoms. The predicted molar refractivity (Wildman–Crippen MR) is 147 cm³/mol. The number of halogens is 1. The van der Waals surface area contributed by atoms with Gasteiger partial charge >= 0.3 is 5.97 Å². The van der Waals surface area contributed by atoms with E-state index < -0.39 is 52.1 Å². The summed E-state index contributed by atoms with van der Waals surface area (Å²) < 4.78 is 37.6. The molecular weight excluding hydrogens is 560 g/mol. The molecule has 0 radical (unpaired) electrons. The summed E-state index contributed by atoms with van der Waals surface area (Å²) >= 11 is 6.45. The van der Waals surface area contributed by atoms with E-state index in [1.54, 1.807) is 18.2 Å². The van der Waals surface area contributed by atoms with Gasteiger partial charge in [-0.2, -0.15) is 0 Å². The Morgan fingerprint density at radius 2 is 1.57 bits per heavy atom. The first-order valence-corrected chi connectivity index (χ1v) is 14.7. The second-order valence-electron chi connectivity index (χ2n) is 9.67. The molecule has 1 aliphatic rings. The van der Waals surface area contributed by atoms with Gasteiger partial charge in [0.05, 0.1) is 23.7 Å². The molecule has 1 fully saturated rings. The Morgan fingerprint density at radius 1 is 0.925 bits per heavy atom. The number of benzene rings is 3. The molecule has 214 valence electrons. The van der Waals surface area contributed by atoms with E-state index in [2.05, 4.69) is 0 Å². The Morgan fingerprint density at radius 3 is 2.20 bits per heavy atom. The molecule has 3 aromatic carbocycles. The van der Waals surface area contributed by atoms with Crippen LogP contribution >= 0.6 is 11.6 Å². The summed E-state index contributed by atoms with van der Waals surface area (Å²) in [7, 11) is -4.00. The van der Waals surface area contributed by atoms with Crippen LogP contribution in [0, 0.1) is 0 Å². The molecule has 0 amide bonds. The van der Waals surface area contributed by atoms with Crippen molar-refractivity contribution in [1.82, 2.24) is 0 Å². The van der Waals surface area contributed by atoms with Crippen LogP contribution in [0.2, 0.25) is 5.02 Å². The molecule has 11 heteroatoms. The number of carboxylic acid groups (broad SMARTS) is 1. The van der Waals surface area contributed by atoms with Crippen LogP contribution in [0.5, 0.6) is 5.75 Å². The lowest BCUT2D eigenvalue weighted by Crippen LogP contribution is -2.56. The van der Waals surface area contributed by atoms with Gasteiger partial charge in [-0.1, -0.05) is 48.0 Å². The van der Waals surface area contributed by atoms with Gasteiger partial charge in [-0.15, -0.1) is 0 Å². The second kappa shape index (κ2) is 12.7. The maximum absolute atomic E-state index is 13.1. The minimum atomic E-state index is -4.00. The van der Waals surface area contributed by atoms with Crippen molar-refractivity contribution in [1.29, 1.82) is 0 Å². The first-order chi connectivity index (χ1) is 19.0. The zero-order valence-electron chi connectivity index (χ0n) is 21.7. The lowest BCUT2D eigenvalue weighted by molar-refractivity contribution is -0.218. The van der Waals surface area contributed by atoms with Crippen LogP contribution in [-0.4, -0.2) is 71.6 Å². The van der Waals surface area contributed by atoms with E-state index in [9.17, 15) is 28.5 Å². The lowest BCUT2D eigenvalue weighted by Gasteiger charge is -2.41. The summed E-state index contributed by atoms with van der Waals surface area (Å²) in [6, 6.07) is 17.9. The Kier molecular flexibility index (Phi) is 9.50. The van der Waals surface area contributed by atoms with Crippen molar-refractivity contribution in [3.05, 3.63) is 94.0 Å². The van der Waals surface area contributed by atoms with E-state index in [0.29, 0.717) is 29.2 Å². The van der Waals surface area contributed by atoms with Crippen molar-refractivity contribution in [3.8, 4) is 5.75 Å². The molecule has 5 atom stereocenters. The second-order valence-corrected chi connectivity index (χ2v) is 12.1.